The molecular weight excluding hydrogens is 469 g/mol. The quantitative estimate of drug-likeness (QED) is 0.434. The monoisotopic (exact) mass is 483 g/mol. The lowest BCUT2D eigenvalue weighted by molar-refractivity contribution is -0.120. The van der Waals surface area contributed by atoms with Gasteiger partial charge in [-0.15, -0.1) is 11.3 Å². The van der Waals surface area contributed by atoms with Crippen molar-refractivity contribution in [2.45, 2.75) is 5.66 Å². The van der Waals surface area contributed by atoms with Gasteiger partial charge in [0.2, 0.25) is 13.3 Å². The summed E-state index contributed by atoms with van der Waals surface area (Å²) in [5, 5.41) is 5.61. The number of thiophene rings is 1. The van der Waals surface area contributed by atoms with Crippen LogP contribution in [0, 0.1) is 0 Å². The molecule has 0 spiro atoms. The average Bonchev–Trinajstić information content (AvgIpc) is 2.98. The predicted molar refractivity (Wildman–Crippen MR) is 117 cm³/mol. The zero-order chi connectivity index (χ0) is 19.6. The maximum atomic E-state index is 12.8. The Labute approximate surface area is 174 Å². The number of hydrogen-bond donors (Lipinski definition) is 2. The SMILES string of the molecule is CP(=O)(O)C(C(=O)N/C=C/c1ccccc1Br)c1csc2ccc(Cl)cc12. The molecule has 2 atom stereocenters. The van der Waals surface area contributed by atoms with E-state index < -0.39 is 18.9 Å². The van der Waals surface area contributed by atoms with Crippen molar-refractivity contribution in [1.29, 1.82) is 0 Å². The summed E-state index contributed by atoms with van der Waals surface area (Å²) in [6.45, 7) is 1.20. The van der Waals surface area contributed by atoms with Crippen LogP contribution in [-0.2, 0) is 9.36 Å². The van der Waals surface area contributed by atoms with E-state index in [-0.39, 0.29) is 0 Å². The number of rotatable bonds is 5. The standard InChI is InChI=1S/C19H16BrClNO3PS/c1-26(24,25)18(15-11-27-17-7-6-13(21)10-14(15)17)19(23)22-9-8-12-4-2-3-5-16(12)20/h2-11,18H,1H3,(H,22,23)(H,24,25)/b9-8+. The lowest BCUT2D eigenvalue weighted by Gasteiger charge is -2.18. The first-order valence-electron chi connectivity index (χ1n) is 7.95. The normalized spacial score (nSPS) is 15.0. The van der Waals surface area contributed by atoms with Crippen LogP contribution in [0.5, 0.6) is 0 Å². The fourth-order valence-corrected chi connectivity index (χ4v) is 5.65. The minimum absolute atomic E-state index is 0.512. The zero-order valence-corrected chi connectivity index (χ0v) is 18.3. The minimum atomic E-state index is -3.75. The van der Waals surface area contributed by atoms with Gasteiger partial charge in [0.05, 0.1) is 0 Å². The van der Waals surface area contributed by atoms with Crippen LogP contribution in [-0.4, -0.2) is 17.5 Å². The summed E-state index contributed by atoms with van der Waals surface area (Å²) in [7, 11) is -3.75. The van der Waals surface area contributed by atoms with Gasteiger partial charge in [0.25, 0.3) is 0 Å². The van der Waals surface area contributed by atoms with Crippen molar-refractivity contribution in [2.24, 2.45) is 0 Å². The Balaban J connectivity index is 1.91. The van der Waals surface area contributed by atoms with Crippen LogP contribution >= 0.6 is 46.2 Å². The number of amides is 1. The topological polar surface area (TPSA) is 66.4 Å². The number of nitrogens with one attached hydrogen (secondary N) is 1. The van der Waals surface area contributed by atoms with Gasteiger partial charge in [0, 0.05) is 27.1 Å². The first kappa shape index (κ1) is 20.3. The van der Waals surface area contributed by atoms with E-state index in [1.165, 1.54) is 24.2 Å². The zero-order valence-electron chi connectivity index (χ0n) is 14.2. The molecule has 2 aromatic carbocycles. The van der Waals surface area contributed by atoms with Crippen molar-refractivity contribution in [2.75, 3.05) is 6.66 Å². The van der Waals surface area contributed by atoms with Gasteiger partial charge in [-0.2, -0.15) is 0 Å². The van der Waals surface area contributed by atoms with E-state index in [1.54, 1.807) is 23.6 Å². The summed E-state index contributed by atoms with van der Waals surface area (Å²) in [5.41, 5.74) is 0.219. The van der Waals surface area contributed by atoms with Crippen LogP contribution in [0.15, 0.2) is 58.5 Å². The van der Waals surface area contributed by atoms with E-state index in [0.717, 1.165) is 20.1 Å². The molecular formula is C19H16BrClNO3PS. The molecule has 0 fully saturated rings. The molecule has 0 aliphatic carbocycles. The van der Waals surface area contributed by atoms with Crippen molar-refractivity contribution in [3.63, 3.8) is 0 Å². The second-order valence-corrected chi connectivity index (χ2v) is 10.6. The number of fused-ring (bicyclic) bond motifs is 1. The third-order valence-corrected chi connectivity index (χ3v) is 7.39. The van der Waals surface area contributed by atoms with Crippen molar-refractivity contribution in [3.05, 3.63) is 74.7 Å². The Morgan fingerprint density at radius 3 is 2.78 bits per heavy atom. The third-order valence-electron chi connectivity index (χ3n) is 3.98. The van der Waals surface area contributed by atoms with Gasteiger partial charge in [-0.1, -0.05) is 45.7 Å². The molecule has 3 rings (SSSR count). The molecule has 1 aromatic heterocycles. The van der Waals surface area contributed by atoms with E-state index in [0.29, 0.717) is 10.6 Å². The molecule has 1 heterocycles. The molecule has 8 heteroatoms. The van der Waals surface area contributed by atoms with Crippen molar-refractivity contribution in [1.82, 2.24) is 5.32 Å². The molecule has 2 N–H and O–H groups in total. The van der Waals surface area contributed by atoms with E-state index in [4.69, 9.17) is 11.6 Å². The number of halogens is 2. The second-order valence-electron chi connectivity index (χ2n) is 6.04. The molecule has 2 unspecified atom stereocenters. The molecule has 3 aromatic rings. The maximum Gasteiger partial charge on any atom is 0.241 e. The highest BCUT2D eigenvalue weighted by Crippen LogP contribution is 2.54. The summed E-state index contributed by atoms with van der Waals surface area (Å²) < 4.78 is 14.3. The van der Waals surface area contributed by atoms with Gasteiger partial charge in [0.1, 0.15) is 5.66 Å². The smallest absolute Gasteiger partial charge is 0.241 e. The lowest BCUT2D eigenvalue weighted by atomic mass is 10.1. The molecule has 0 aliphatic rings. The molecule has 0 saturated heterocycles. The summed E-state index contributed by atoms with van der Waals surface area (Å²) in [6, 6.07) is 12.9. The highest BCUT2D eigenvalue weighted by atomic mass is 79.9. The summed E-state index contributed by atoms with van der Waals surface area (Å²) in [5.74, 6) is -0.536. The Hall–Kier alpha value is -1.43. The fraction of sp³-hybridized carbons (Fsp3) is 0.105. The molecule has 0 bridgehead atoms. The fourth-order valence-electron chi connectivity index (χ4n) is 2.75. The van der Waals surface area contributed by atoms with Crippen LogP contribution in [0.4, 0.5) is 0 Å². The molecule has 0 aliphatic heterocycles. The van der Waals surface area contributed by atoms with Gasteiger partial charge in [-0.05, 0) is 52.2 Å². The largest absolute Gasteiger partial charge is 0.344 e. The number of hydrogen-bond acceptors (Lipinski definition) is 3. The molecule has 0 saturated carbocycles. The van der Waals surface area contributed by atoms with Crippen molar-refractivity contribution in [3.8, 4) is 0 Å². The first-order valence-corrected chi connectivity index (χ1v) is 12.2. The number of carbonyl (C=O) groups excluding carboxylic acids is 1. The minimum Gasteiger partial charge on any atom is -0.344 e. The molecule has 0 radical (unpaired) electrons. The Morgan fingerprint density at radius 1 is 1.33 bits per heavy atom. The van der Waals surface area contributed by atoms with Gasteiger partial charge in [0.15, 0.2) is 0 Å². The van der Waals surface area contributed by atoms with Crippen LogP contribution in [0.1, 0.15) is 16.8 Å². The summed E-state index contributed by atoms with van der Waals surface area (Å²) in [4.78, 5) is 23.0. The number of carbonyl (C=O) groups is 1. The second kappa shape index (κ2) is 8.29. The van der Waals surface area contributed by atoms with Gasteiger partial charge < -0.3 is 10.2 Å². The van der Waals surface area contributed by atoms with Crippen molar-refractivity contribution < 1.29 is 14.3 Å². The van der Waals surface area contributed by atoms with Crippen LogP contribution in [0.3, 0.4) is 0 Å². The predicted octanol–water partition coefficient (Wildman–Crippen LogP) is 6.05. The van der Waals surface area contributed by atoms with Gasteiger partial charge >= 0.3 is 0 Å². The lowest BCUT2D eigenvalue weighted by Crippen LogP contribution is -2.25. The number of benzene rings is 2. The molecule has 27 heavy (non-hydrogen) atoms. The summed E-state index contributed by atoms with van der Waals surface area (Å²) in [6.07, 6.45) is 3.20. The average molecular weight is 485 g/mol. The van der Waals surface area contributed by atoms with E-state index in [1.807, 2.05) is 30.3 Å². The van der Waals surface area contributed by atoms with Crippen LogP contribution in [0.2, 0.25) is 5.02 Å². The maximum absolute atomic E-state index is 12.8. The van der Waals surface area contributed by atoms with Gasteiger partial charge in [-0.3, -0.25) is 9.36 Å². The Kier molecular flexibility index (Phi) is 6.24. The van der Waals surface area contributed by atoms with Gasteiger partial charge in [-0.25, -0.2) is 0 Å². The molecule has 4 nitrogen and oxygen atoms in total. The highest BCUT2D eigenvalue weighted by Gasteiger charge is 2.36. The van der Waals surface area contributed by atoms with E-state index in [2.05, 4.69) is 21.2 Å². The Bertz CT molecular complexity index is 1080. The Morgan fingerprint density at radius 2 is 2.07 bits per heavy atom. The van der Waals surface area contributed by atoms with Crippen LogP contribution < -0.4 is 5.32 Å². The molecule has 1 amide bonds. The van der Waals surface area contributed by atoms with Crippen LogP contribution in [0.25, 0.3) is 16.2 Å². The summed E-state index contributed by atoms with van der Waals surface area (Å²) >= 11 is 10.9. The highest BCUT2D eigenvalue weighted by molar-refractivity contribution is 9.10. The van der Waals surface area contributed by atoms with Crippen molar-refractivity contribution >= 4 is 68.3 Å². The van der Waals surface area contributed by atoms with E-state index >= 15 is 0 Å². The van der Waals surface area contributed by atoms with E-state index in [9.17, 15) is 14.3 Å². The third kappa shape index (κ3) is 4.71. The first-order chi connectivity index (χ1) is 12.8. The molecule has 140 valence electrons.